The van der Waals surface area contributed by atoms with E-state index in [2.05, 4.69) is 17.1 Å². The van der Waals surface area contributed by atoms with Crippen LogP contribution in [-0.4, -0.2) is 14.8 Å². The second kappa shape index (κ2) is 7.00. The summed E-state index contributed by atoms with van der Waals surface area (Å²) in [6.07, 6.45) is 5.91. The maximum Gasteiger partial charge on any atom is 0.220 e. The molecule has 0 atom stereocenters. The number of oxazole rings is 1. The molecule has 0 saturated carbocycles. The van der Waals surface area contributed by atoms with Crippen molar-refractivity contribution in [1.82, 2.24) is 14.8 Å². The summed E-state index contributed by atoms with van der Waals surface area (Å²) in [7, 11) is 0. The predicted molar refractivity (Wildman–Crippen MR) is 112 cm³/mol. The average molecular weight is 363 g/mol. The minimum atomic E-state index is 0.577. The van der Waals surface area contributed by atoms with Gasteiger partial charge in [0.15, 0.2) is 5.58 Å². The molecule has 0 aliphatic heterocycles. The summed E-state index contributed by atoms with van der Waals surface area (Å²) >= 11 is 0. The van der Waals surface area contributed by atoms with Crippen LogP contribution < -0.4 is 0 Å². The summed E-state index contributed by atoms with van der Waals surface area (Å²) in [5.74, 6) is 0.577. The second-order valence-corrected chi connectivity index (χ2v) is 6.43. The van der Waals surface area contributed by atoms with E-state index in [9.17, 15) is 0 Å². The highest BCUT2D eigenvalue weighted by Crippen LogP contribution is 2.26. The largest absolute Gasteiger partial charge is 0.437 e. The highest BCUT2D eigenvalue weighted by Gasteiger charge is 2.10. The smallest absolute Gasteiger partial charge is 0.220 e. The molecule has 0 unspecified atom stereocenters. The van der Waals surface area contributed by atoms with Crippen LogP contribution in [0, 0.1) is 0 Å². The summed E-state index contributed by atoms with van der Waals surface area (Å²) in [4.78, 5) is 4.51. The van der Waals surface area contributed by atoms with Crippen LogP contribution in [-0.2, 0) is 0 Å². The Hall–Kier alpha value is -3.92. The van der Waals surface area contributed by atoms with Gasteiger partial charge >= 0.3 is 0 Å². The Labute approximate surface area is 162 Å². The van der Waals surface area contributed by atoms with E-state index in [1.54, 1.807) is 0 Å². The van der Waals surface area contributed by atoms with Gasteiger partial charge in [-0.1, -0.05) is 60.7 Å². The Balaban J connectivity index is 1.58. The van der Waals surface area contributed by atoms with Gasteiger partial charge in [-0.25, -0.2) is 9.67 Å². The molecule has 0 amide bonds. The molecule has 0 saturated heterocycles. The summed E-state index contributed by atoms with van der Waals surface area (Å²) in [5.41, 5.74) is 5.63. The number of hydrogen-bond acceptors (Lipinski definition) is 3. The quantitative estimate of drug-likeness (QED) is 0.402. The lowest BCUT2D eigenvalue weighted by molar-refractivity contribution is 0.590. The van der Waals surface area contributed by atoms with Crippen molar-refractivity contribution < 1.29 is 4.42 Å². The summed E-state index contributed by atoms with van der Waals surface area (Å²) < 4.78 is 7.70. The van der Waals surface area contributed by atoms with Gasteiger partial charge in [0, 0.05) is 23.4 Å². The molecule has 4 heteroatoms. The summed E-state index contributed by atoms with van der Waals surface area (Å²) in [6.45, 7) is 0. The fraction of sp³-hybridized carbons (Fsp3) is 0. The van der Waals surface area contributed by atoms with Gasteiger partial charge in [0.1, 0.15) is 5.52 Å². The van der Waals surface area contributed by atoms with Crippen molar-refractivity contribution in [2.75, 3.05) is 0 Å². The first-order valence-electron chi connectivity index (χ1n) is 9.11. The van der Waals surface area contributed by atoms with Crippen LogP contribution in [0.25, 0.3) is 40.2 Å². The molecule has 2 aromatic heterocycles. The Morgan fingerprint density at radius 3 is 2.25 bits per heavy atom. The van der Waals surface area contributed by atoms with Gasteiger partial charge in [-0.2, -0.15) is 5.10 Å². The number of nitrogens with zero attached hydrogens (tertiary/aromatic N) is 3. The Morgan fingerprint density at radius 1 is 0.750 bits per heavy atom. The summed E-state index contributed by atoms with van der Waals surface area (Å²) in [5, 5.41) is 4.82. The predicted octanol–water partition coefficient (Wildman–Crippen LogP) is 5.85. The van der Waals surface area contributed by atoms with Crippen LogP contribution in [0.5, 0.6) is 0 Å². The molecular formula is C24H17N3O. The molecule has 0 radical (unpaired) electrons. The highest BCUT2D eigenvalue weighted by atomic mass is 16.3. The van der Waals surface area contributed by atoms with Crippen molar-refractivity contribution >= 4 is 23.3 Å². The van der Waals surface area contributed by atoms with Crippen molar-refractivity contribution in [2.45, 2.75) is 0 Å². The van der Waals surface area contributed by atoms with Crippen LogP contribution in [0.1, 0.15) is 11.5 Å². The molecule has 0 aliphatic carbocycles. The third kappa shape index (κ3) is 3.12. The molecule has 5 rings (SSSR count). The third-order valence-corrected chi connectivity index (χ3v) is 4.53. The first-order chi connectivity index (χ1) is 13.9. The van der Waals surface area contributed by atoms with Crippen LogP contribution in [0.2, 0.25) is 0 Å². The van der Waals surface area contributed by atoms with Gasteiger partial charge in [-0.05, 0) is 30.3 Å². The minimum absolute atomic E-state index is 0.577. The SMILES string of the molecule is C(=C\c1cn(-c2ccccc2)nc1-c1ccccc1)/c1nc2ccccc2o1. The topological polar surface area (TPSA) is 43.9 Å². The normalized spacial score (nSPS) is 11.4. The zero-order valence-electron chi connectivity index (χ0n) is 15.1. The van der Waals surface area contributed by atoms with Crippen molar-refractivity contribution in [2.24, 2.45) is 0 Å². The van der Waals surface area contributed by atoms with Crippen molar-refractivity contribution in [3.8, 4) is 16.9 Å². The standard InChI is InChI=1S/C24H17N3O/c1-3-9-18(10-4-1)24-19(17-27(26-24)20-11-5-2-6-12-20)15-16-23-25-21-13-7-8-14-22(21)28-23/h1-17H/b16-15+. The zero-order valence-corrected chi connectivity index (χ0v) is 15.1. The van der Waals surface area contributed by atoms with E-state index >= 15 is 0 Å². The molecule has 3 aromatic carbocycles. The maximum atomic E-state index is 5.80. The van der Waals surface area contributed by atoms with Crippen molar-refractivity contribution in [1.29, 1.82) is 0 Å². The van der Waals surface area contributed by atoms with E-state index in [1.165, 1.54) is 0 Å². The lowest BCUT2D eigenvalue weighted by Crippen LogP contribution is -1.93. The zero-order chi connectivity index (χ0) is 18.8. The van der Waals surface area contributed by atoms with E-state index in [4.69, 9.17) is 9.52 Å². The lowest BCUT2D eigenvalue weighted by Gasteiger charge is -2.00. The Kier molecular flexibility index (Phi) is 4.07. The highest BCUT2D eigenvalue weighted by molar-refractivity contribution is 5.80. The molecule has 5 aromatic rings. The molecular weight excluding hydrogens is 346 g/mol. The first-order valence-corrected chi connectivity index (χ1v) is 9.11. The minimum Gasteiger partial charge on any atom is -0.437 e. The van der Waals surface area contributed by atoms with E-state index in [0.29, 0.717) is 5.89 Å². The van der Waals surface area contributed by atoms with Crippen molar-refractivity contribution in [3.05, 3.63) is 103 Å². The van der Waals surface area contributed by atoms with E-state index < -0.39 is 0 Å². The summed E-state index contributed by atoms with van der Waals surface area (Å²) in [6, 6.07) is 28.0. The number of rotatable bonds is 4. The van der Waals surface area contributed by atoms with Gasteiger partial charge in [0.05, 0.1) is 11.4 Å². The second-order valence-electron chi connectivity index (χ2n) is 6.43. The number of hydrogen-bond donors (Lipinski definition) is 0. The molecule has 2 heterocycles. The monoisotopic (exact) mass is 363 g/mol. The molecule has 134 valence electrons. The molecule has 4 nitrogen and oxygen atoms in total. The van der Waals surface area contributed by atoms with Crippen LogP contribution in [0.15, 0.2) is 95.5 Å². The number of para-hydroxylation sites is 3. The van der Waals surface area contributed by atoms with E-state index in [1.807, 2.05) is 95.8 Å². The third-order valence-electron chi connectivity index (χ3n) is 4.53. The molecule has 28 heavy (non-hydrogen) atoms. The Bertz CT molecular complexity index is 1220. The lowest BCUT2D eigenvalue weighted by atomic mass is 10.1. The average Bonchev–Trinajstić information content (AvgIpc) is 3.37. The Morgan fingerprint density at radius 2 is 1.46 bits per heavy atom. The molecule has 0 N–H and O–H groups in total. The molecule has 0 fully saturated rings. The maximum absolute atomic E-state index is 5.80. The molecule has 0 spiro atoms. The van der Waals surface area contributed by atoms with Crippen LogP contribution in [0.3, 0.4) is 0 Å². The van der Waals surface area contributed by atoms with Gasteiger partial charge in [-0.15, -0.1) is 0 Å². The van der Waals surface area contributed by atoms with Crippen LogP contribution in [0.4, 0.5) is 0 Å². The number of benzene rings is 3. The fourth-order valence-electron chi connectivity index (χ4n) is 3.17. The van der Waals surface area contributed by atoms with Gasteiger partial charge in [-0.3, -0.25) is 0 Å². The van der Waals surface area contributed by atoms with E-state index in [0.717, 1.165) is 33.6 Å². The number of fused-ring (bicyclic) bond motifs is 1. The van der Waals surface area contributed by atoms with Crippen LogP contribution >= 0.6 is 0 Å². The fourth-order valence-corrected chi connectivity index (χ4v) is 3.17. The first kappa shape index (κ1) is 16.3. The van der Waals surface area contributed by atoms with Gasteiger partial charge in [0.2, 0.25) is 5.89 Å². The van der Waals surface area contributed by atoms with Crippen molar-refractivity contribution in [3.63, 3.8) is 0 Å². The molecule has 0 bridgehead atoms. The van der Waals surface area contributed by atoms with Gasteiger partial charge in [0.25, 0.3) is 0 Å². The molecule has 0 aliphatic rings. The number of aromatic nitrogens is 3. The van der Waals surface area contributed by atoms with E-state index in [-0.39, 0.29) is 0 Å². The van der Waals surface area contributed by atoms with Gasteiger partial charge < -0.3 is 4.42 Å².